The number of benzene rings is 1. The van der Waals surface area contributed by atoms with Gasteiger partial charge < -0.3 is 19.5 Å². The summed E-state index contributed by atoms with van der Waals surface area (Å²) in [4.78, 5) is 23.4. The number of nitrogens with zero attached hydrogens (tertiary/aromatic N) is 4. The molecule has 7 heteroatoms. The minimum atomic E-state index is -0.0482. The second kappa shape index (κ2) is 10.8. The highest BCUT2D eigenvalue weighted by atomic mass is 16.3. The summed E-state index contributed by atoms with van der Waals surface area (Å²) in [7, 11) is 1.81. The molecule has 0 aliphatic carbocycles. The van der Waals surface area contributed by atoms with Crippen molar-refractivity contribution in [1.82, 2.24) is 20.0 Å². The number of carbonyl (C=O) groups excluding carboxylic acids is 1. The Hall–Kier alpha value is -2.80. The van der Waals surface area contributed by atoms with E-state index in [0.29, 0.717) is 18.8 Å². The van der Waals surface area contributed by atoms with Crippen molar-refractivity contribution in [1.29, 1.82) is 0 Å². The molecule has 1 aromatic heterocycles. The van der Waals surface area contributed by atoms with Crippen molar-refractivity contribution >= 4 is 11.9 Å². The van der Waals surface area contributed by atoms with E-state index >= 15 is 0 Å². The van der Waals surface area contributed by atoms with E-state index in [1.807, 2.05) is 11.9 Å². The van der Waals surface area contributed by atoms with E-state index in [2.05, 4.69) is 58.2 Å². The van der Waals surface area contributed by atoms with Gasteiger partial charge in [-0.2, -0.15) is 0 Å². The third kappa shape index (κ3) is 5.42. The summed E-state index contributed by atoms with van der Waals surface area (Å²) in [6.07, 6.45) is 1.54. The molecule has 0 atom stereocenters. The van der Waals surface area contributed by atoms with Gasteiger partial charge in [0.05, 0.1) is 6.26 Å². The molecule has 0 spiro atoms. The Morgan fingerprint density at radius 3 is 2.30 bits per heavy atom. The maximum absolute atomic E-state index is 12.5. The van der Waals surface area contributed by atoms with Crippen molar-refractivity contribution in [2.75, 3.05) is 46.3 Å². The van der Waals surface area contributed by atoms with E-state index in [4.69, 9.17) is 4.42 Å². The molecule has 1 fully saturated rings. The fourth-order valence-electron chi connectivity index (χ4n) is 3.76. The molecule has 1 aliphatic heterocycles. The number of carbonyl (C=O) groups is 1. The molecular formula is C23H33N5O2. The molecule has 162 valence electrons. The summed E-state index contributed by atoms with van der Waals surface area (Å²) in [5, 5.41) is 3.51. The monoisotopic (exact) mass is 411 g/mol. The van der Waals surface area contributed by atoms with Gasteiger partial charge in [-0.05, 0) is 36.3 Å². The number of hydrogen-bond acceptors (Lipinski definition) is 4. The van der Waals surface area contributed by atoms with Gasteiger partial charge in [-0.15, -0.1) is 0 Å². The molecule has 0 saturated carbocycles. The number of furan rings is 1. The maximum Gasteiger partial charge on any atom is 0.289 e. The molecule has 1 N–H and O–H groups in total. The second-order valence-electron chi connectivity index (χ2n) is 7.39. The van der Waals surface area contributed by atoms with Crippen molar-refractivity contribution in [2.45, 2.75) is 26.9 Å². The Labute approximate surface area is 179 Å². The van der Waals surface area contributed by atoms with Crippen LogP contribution >= 0.6 is 0 Å². The van der Waals surface area contributed by atoms with Crippen molar-refractivity contribution in [3.63, 3.8) is 0 Å². The highest BCUT2D eigenvalue weighted by molar-refractivity contribution is 5.91. The van der Waals surface area contributed by atoms with Crippen LogP contribution in [0.4, 0.5) is 0 Å². The van der Waals surface area contributed by atoms with Crippen molar-refractivity contribution in [3.05, 3.63) is 59.5 Å². The van der Waals surface area contributed by atoms with Crippen LogP contribution in [0.3, 0.4) is 0 Å². The van der Waals surface area contributed by atoms with Crippen LogP contribution in [-0.4, -0.2) is 72.9 Å². The van der Waals surface area contributed by atoms with Crippen LogP contribution in [0.25, 0.3) is 0 Å². The topological polar surface area (TPSA) is 64.3 Å². The van der Waals surface area contributed by atoms with Gasteiger partial charge in [0, 0.05) is 46.3 Å². The van der Waals surface area contributed by atoms with Crippen molar-refractivity contribution in [3.8, 4) is 0 Å². The number of piperazine rings is 1. The molecular weight excluding hydrogens is 378 g/mol. The average molecular weight is 412 g/mol. The van der Waals surface area contributed by atoms with E-state index in [0.717, 1.165) is 45.2 Å². The molecule has 3 rings (SSSR count). The first-order valence-corrected chi connectivity index (χ1v) is 10.7. The number of rotatable bonds is 7. The lowest BCUT2D eigenvalue weighted by molar-refractivity contribution is 0.0657. The molecule has 1 amide bonds. The molecule has 0 unspecified atom stereocenters. The summed E-state index contributed by atoms with van der Waals surface area (Å²) >= 11 is 0. The van der Waals surface area contributed by atoms with Crippen LogP contribution in [0, 0.1) is 0 Å². The van der Waals surface area contributed by atoms with Crippen LogP contribution in [0.5, 0.6) is 0 Å². The fraction of sp³-hybridized carbons (Fsp3) is 0.478. The van der Waals surface area contributed by atoms with Gasteiger partial charge in [-0.3, -0.25) is 14.7 Å². The van der Waals surface area contributed by atoms with Gasteiger partial charge >= 0.3 is 0 Å². The first-order chi connectivity index (χ1) is 14.7. The quantitative estimate of drug-likeness (QED) is 0.561. The van der Waals surface area contributed by atoms with E-state index < -0.39 is 0 Å². The highest BCUT2D eigenvalue weighted by Gasteiger charge is 2.25. The molecule has 7 nitrogen and oxygen atoms in total. The Balaban J connectivity index is 1.55. The van der Waals surface area contributed by atoms with Crippen molar-refractivity contribution < 1.29 is 9.21 Å². The number of aliphatic imine (C=N–C) groups is 1. The normalized spacial score (nSPS) is 15.0. The summed E-state index contributed by atoms with van der Waals surface area (Å²) in [5.74, 6) is 1.22. The lowest BCUT2D eigenvalue weighted by atomic mass is 10.1. The number of guanidine groups is 1. The molecule has 0 radical (unpaired) electrons. The summed E-state index contributed by atoms with van der Waals surface area (Å²) in [5.41, 5.74) is 2.63. The highest BCUT2D eigenvalue weighted by Crippen LogP contribution is 2.13. The van der Waals surface area contributed by atoms with Gasteiger partial charge in [-0.1, -0.05) is 38.1 Å². The molecule has 0 bridgehead atoms. The Morgan fingerprint density at radius 1 is 1.03 bits per heavy atom. The molecule has 2 heterocycles. The van der Waals surface area contributed by atoms with Crippen LogP contribution < -0.4 is 5.32 Å². The van der Waals surface area contributed by atoms with E-state index in [-0.39, 0.29) is 5.91 Å². The minimum Gasteiger partial charge on any atom is -0.459 e. The fourth-order valence-corrected chi connectivity index (χ4v) is 3.76. The number of nitrogens with one attached hydrogen (secondary N) is 1. The molecule has 2 aromatic rings. The second-order valence-corrected chi connectivity index (χ2v) is 7.39. The van der Waals surface area contributed by atoms with Crippen molar-refractivity contribution in [2.24, 2.45) is 4.99 Å². The predicted octanol–water partition coefficient (Wildman–Crippen LogP) is 2.65. The summed E-state index contributed by atoms with van der Waals surface area (Å²) in [6.45, 7) is 11.0. The average Bonchev–Trinajstić information content (AvgIpc) is 3.33. The standard InChI is InChI=1S/C23H33N5O2/c1-4-26(5-2)18-20-10-7-6-9-19(20)17-25-23(24-3)28-14-12-27(13-15-28)22(29)21-11-8-16-30-21/h6-11,16H,4-5,12-15,17-18H2,1-3H3,(H,24,25). The summed E-state index contributed by atoms with van der Waals surface area (Å²) in [6, 6.07) is 12.0. The molecule has 1 aromatic carbocycles. The summed E-state index contributed by atoms with van der Waals surface area (Å²) < 4.78 is 5.24. The molecule has 1 aliphatic rings. The van der Waals surface area contributed by atoms with E-state index in [1.165, 1.54) is 17.4 Å². The Bertz CT molecular complexity index is 822. The van der Waals surface area contributed by atoms with Gasteiger partial charge in [0.15, 0.2) is 11.7 Å². The number of hydrogen-bond donors (Lipinski definition) is 1. The number of amides is 1. The zero-order valence-corrected chi connectivity index (χ0v) is 18.3. The third-order valence-corrected chi connectivity index (χ3v) is 5.65. The van der Waals surface area contributed by atoms with Crippen LogP contribution in [-0.2, 0) is 13.1 Å². The van der Waals surface area contributed by atoms with Crippen LogP contribution in [0.1, 0.15) is 35.5 Å². The predicted molar refractivity (Wildman–Crippen MR) is 119 cm³/mol. The smallest absolute Gasteiger partial charge is 0.289 e. The van der Waals surface area contributed by atoms with Gasteiger partial charge in [0.1, 0.15) is 0 Å². The van der Waals surface area contributed by atoms with Gasteiger partial charge in [0.2, 0.25) is 0 Å². The SMILES string of the molecule is CCN(CC)Cc1ccccc1CNC(=NC)N1CCN(C(=O)c2ccco2)CC1. The van der Waals surface area contributed by atoms with Crippen LogP contribution in [0.2, 0.25) is 0 Å². The molecule has 30 heavy (non-hydrogen) atoms. The van der Waals surface area contributed by atoms with E-state index in [1.54, 1.807) is 12.1 Å². The first-order valence-electron chi connectivity index (χ1n) is 10.7. The zero-order chi connectivity index (χ0) is 21.3. The Morgan fingerprint density at radius 2 is 1.70 bits per heavy atom. The zero-order valence-electron chi connectivity index (χ0n) is 18.3. The lowest BCUT2D eigenvalue weighted by Gasteiger charge is -2.36. The van der Waals surface area contributed by atoms with Gasteiger partial charge in [0.25, 0.3) is 5.91 Å². The van der Waals surface area contributed by atoms with Crippen LogP contribution in [0.15, 0.2) is 52.1 Å². The first kappa shape index (κ1) is 21.9. The van der Waals surface area contributed by atoms with Gasteiger partial charge in [-0.25, -0.2) is 0 Å². The molecule has 1 saturated heterocycles. The maximum atomic E-state index is 12.5. The Kier molecular flexibility index (Phi) is 7.90. The largest absolute Gasteiger partial charge is 0.459 e. The third-order valence-electron chi connectivity index (χ3n) is 5.65. The lowest BCUT2D eigenvalue weighted by Crippen LogP contribution is -2.53. The van der Waals surface area contributed by atoms with E-state index in [9.17, 15) is 4.79 Å². The minimum absolute atomic E-state index is 0.0482.